The summed E-state index contributed by atoms with van der Waals surface area (Å²) in [5.41, 5.74) is 4.97. The van der Waals surface area contributed by atoms with Crippen LogP contribution in [-0.2, 0) is 16.8 Å². The Morgan fingerprint density at radius 1 is 0.946 bits per heavy atom. The van der Waals surface area contributed by atoms with Gasteiger partial charge in [0.05, 0.1) is 12.6 Å². The lowest BCUT2D eigenvalue weighted by Crippen LogP contribution is -2.40. The standard InChI is InChI=1S/C31H33BrN2O3/c1-22(25-13-17-27(32)18-14-25)33-30(37)34(28-19-15-26(16-20-28)31(2,3)4)21-24-11-9-23(10-12-24)7-5-6-8-29(35)36/h5-20,22H,21H2,1-4H3,(H,33,37)(H,35,36)/b7-5+,8-6+. The Balaban J connectivity index is 1.82. The molecule has 0 radical (unpaired) electrons. The number of urea groups is 1. The predicted molar refractivity (Wildman–Crippen MR) is 155 cm³/mol. The minimum atomic E-state index is -0.983. The summed E-state index contributed by atoms with van der Waals surface area (Å²) in [6, 6.07) is 23.6. The number of benzene rings is 3. The number of nitrogens with one attached hydrogen (secondary N) is 1. The molecule has 1 unspecified atom stereocenters. The summed E-state index contributed by atoms with van der Waals surface area (Å²) in [5, 5.41) is 11.8. The molecule has 192 valence electrons. The van der Waals surface area contributed by atoms with E-state index in [1.165, 1.54) is 11.6 Å². The zero-order chi connectivity index (χ0) is 27.0. The smallest absolute Gasteiger partial charge is 0.328 e. The van der Waals surface area contributed by atoms with E-state index in [1.54, 1.807) is 11.0 Å². The lowest BCUT2D eigenvalue weighted by molar-refractivity contribution is -0.131. The zero-order valence-corrected chi connectivity index (χ0v) is 23.2. The first-order chi connectivity index (χ1) is 17.5. The van der Waals surface area contributed by atoms with Crippen molar-refractivity contribution in [2.45, 2.75) is 45.7 Å². The molecule has 2 N–H and O–H groups in total. The van der Waals surface area contributed by atoms with Gasteiger partial charge in [-0.1, -0.05) is 103 Å². The number of carbonyl (C=O) groups is 2. The van der Waals surface area contributed by atoms with E-state index in [1.807, 2.05) is 73.7 Å². The lowest BCUT2D eigenvalue weighted by atomic mass is 9.87. The van der Waals surface area contributed by atoms with Gasteiger partial charge in [-0.2, -0.15) is 0 Å². The van der Waals surface area contributed by atoms with E-state index in [2.05, 4.69) is 54.2 Å². The predicted octanol–water partition coefficient (Wildman–Crippen LogP) is 7.88. The zero-order valence-electron chi connectivity index (χ0n) is 21.6. The van der Waals surface area contributed by atoms with Gasteiger partial charge in [-0.05, 0) is 58.9 Å². The van der Waals surface area contributed by atoms with E-state index in [4.69, 9.17) is 5.11 Å². The van der Waals surface area contributed by atoms with Gasteiger partial charge < -0.3 is 10.4 Å². The molecule has 6 heteroatoms. The third kappa shape index (κ3) is 8.46. The normalized spacial score (nSPS) is 12.6. The van der Waals surface area contributed by atoms with Crippen LogP contribution in [0.2, 0.25) is 0 Å². The second kappa shape index (κ2) is 12.5. The Kier molecular flexibility index (Phi) is 9.48. The quantitative estimate of drug-likeness (QED) is 0.217. The topological polar surface area (TPSA) is 69.6 Å². The Hall–Kier alpha value is -3.64. The van der Waals surface area contributed by atoms with Crippen LogP contribution in [0.3, 0.4) is 0 Å². The Bertz CT molecular complexity index is 1260. The molecular weight excluding hydrogens is 528 g/mol. The molecule has 5 nitrogen and oxygen atoms in total. The first-order valence-electron chi connectivity index (χ1n) is 12.1. The van der Waals surface area contributed by atoms with Crippen LogP contribution in [0.5, 0.6) is 0 Å². The van der Waals surface area contributed by atoms with Crippen molar-refractivity contribution in [3.8, 4) is 0 Å². The Morgan fingerprint density at radius 3 is 2.14 bits per heavy atom. The molecule has 0 bridgehead atoms. The number of aliphatic carboxylic acids is 1. The average molecular weight is 562 g/mol. The van der Waals surface area contributed by atoms with Crippen LogP contribution in [-0.4, -0.2) is 17.1 Å². The molecule has 3 aromatic carbocycles. The molecular formula is C31H33BrN2O3. The molecule has 37 heavy (non-hydrogen) atoms. The van der Waals surface area contributed by atoms with Gasteiger partial charge in [-0.3, -0.25) is 4.90 Å². The first kappa shape index (κ1) is 27.9. The van der Waals surface area contributed by atoms with Crippen LogP contribution in [0.15, 0.2) is 95.5 Å². The molecule has 0 heterocycles. The third-order valence-electron chi connectivity index (χ3n) is 5.96. The van der Waals surface area contributed by atoms with Gasteiger partial charge in [0.15, 0.2) is 0 Å². The fourth-order valence-corrected chi connectivity index (χ4v) is 4.01. The molecule has 0 aliphatic carbocycles. The second-order valence-corrected chi connectivity index (χ2v) is 10.8. The molecule has 2 amide bonds. The van der Waals surface area contributed by atoms with Gasteiger partial charge in [0.1, 0.15) is 0 Å². The van der Waals surface area contributed by atoms with E-state index >= 15 is 0 Å². The number of hydrogen-bond acceptors (Lipinski definition) is 2. The van der Waals surface area contributed by atoms with Crippen LogP contribution >= 0.6 is 15.9 Å². The SMILES string of the molecule is CC(NC(=O)N(Cc1ccc(/C=C/C=C/C(=O)O)cc1)c1ccc(C(C)(C)C)cc1)c1ccc(Br)cc1. The molecule has 0 aliphatic heterocycles. The maximum atomic E-state index is 13.5. The summed E-state index contributed by atoms with van der Waals surface area (Å²) >= 11 is 3.46. The molecule has 3 rings (SSSR count). The van der Waals surface area contributed by atoms with Crippen molar-refractivity contribution in [2.24, 2.45) is 0 Å². The first-order valence-corrected chi connectivity index (χ1v) is 12.9. The van der Waals surface area contributed by atoms with Crippen LogP contribution in [0.25, 0.3) is 6.08 Å². The molecule has 0 saturated carbocycles. The lowest BCUT2D eigenvalue weighted by Gasteiger charge is -2.27. The van der Waals surface area contributed by atoms with Crippen LogP contribution in [0.4, 0.5) is 10.5 Å². The second-order valence-electron chi connectivity index (χ2n) is 9.90. The number of nitrogens with zero attached hydrogens (tertiary/aromatic N) is 1. The van der Waals surface area contributed by atoms with E-state index in [9.17, 15) is 9.59 Å². The van der Waals surface area contributed by atoms with Gasteiger partial charge in [-0.15, -0.1) is 0 Å². The highest BCUT2D eigenvalue weighted by Crippen LogP contribution is 2.26. The summed E-state index contributed by atoms with van der Waals surface area (Å²) in [5.74, 6) is -0.983. The largest absolute Gasteiger partial charge is 0.478 e. The summed E-state index contributed by atoms with van der Waals surface area (Å²) in [7, 11) is 0. The number of carbonyl (C=O) groups excluding carboxylic acids is 1. The minimum Gasteiger partial charge on any atom is -0.478 e. The van der Waals surface area contributed by atoms with Crippen molar-refractivity contribution < 1.29 is 14.7 Å². The third-order valence-corrected chi connectivity index (χ3v) is 6.49. The van der Waals surface area contributed by atoms with Gasteiger partial charge in [0.25, 0.3) is 0 Å². The number of carboxylic acid groups (broad SMARTS) is 1. The molecule has 0 spiro atoms. The minimum absolute atomic E-state index is 0.0186. The van der Waals surface area contributed by atoms with Crippen LogP contribution < -0.4 is 10.2 Å². The number of allylic oxidation sites excluding steroid dienone is 2. The van der Waals surface area contributed by atoms with Crippen molar-refractivity contribution in [3.63, 3.8) is 0 Å². The van der Waals surface area contributed by atoms with Crippen molar-refractivity contribution in [1.29, 1.82) is 0 Å². The fraction of sp³-hybridized carbons (Fsp3) is 0.226. The van der Waals surface area contributed by atoms with E-state index in [0.717, 1.165) is 32.9 Å². The van der Waals surface area contributed by atoms with Crippen molar-refractivity contribution in [1.82, 2.24) is 5.32 Å². The van der Waals surface area contributed by atoms with E-state index < -0.39 is 5.97 Å². The summed E-state index contributed by atoms with van der Waals surface area (Å²) in [6.07, 6.45) is 6.08. The number of rotatable bonds is 8. The summed E-state index contributed by atoms with van der Waals surface area (Å²) in [6.45, 7) is 8.87. The summed E-state index contributed by atoms with van der Waals surface area (Å²) in [4.78, 5) is 25.9. The highest BCUT2D eigenvalue weighted by atomic mass is 79.9. The highest BCUT2D eigenvalue weighted by Gasteiger charge is 2.20. The number of amides is 2. The van der Waals surface area contributed by atoms with Crippen LogP contribution in [0, 0.1) is 0 Å². The van der Waals surface area contributed by atoms with Crippen molar-refractivity contribution in [3.05, 3.63) is 118 Å². The van der Waals surface area contributed by atoms with Gasteiger partial charge in [-0.25, -0.2) is 9.59 Å². The number of hydrogen-bond donors (Lipinski definition) is 2. The van der Waals surface area contributed by atoms with Crippen molar-refractivity contribution >= 4 is 39.7 Å². The van der Waals surface area contributed by atoms with E-state index in [0.29, 0.717) is 6.54 Å². The van der Waals surface area contributed by atoms with E-state index in [-0.39, 0.29) is 17.5 Å². The molecule has 3 aromatic rings. The number of carboxylic acids is 1. The Morgan fingerprint density at radius 2 is 1.57 bits per heavy atom. The van der Waals surface area contributed by atoms with Gasteiger partial charge in [0, 0.05) is 16.2 Å². The molecule has 1 atom stereocenters. The summed E-state index contributed by atoms with van der Waals surface area (Å²) < 4.78 is 0.992. The molecule has 0 aromatic heterocycles. The fourth-order valence-electron chi connectivity index (χ4n) is 3.74. The van der Waals surface area contributed by atoms with Crippen LogP contribution in [0.1, 0.15) is 56.0 Å². The Labute approximate surface area is 227 Å². The number of anilines is 1. The maximum Gasteiger partial charge on any atom is 0.328 e. The molecule has 0 aliphatic rings. The molecule has 0 fully saturated rings. The highest BCUT2D eigenvalue weighted by molar-refractivity contribution is 9.10. The van der Waals surface area contributed by atoms with Crippen molar-refractivity contribution in [2.75, 3.05) is 4.90 Å². The molecule has 0 saturated heterocycles. The van der Waals surface area contributed by atoms with Gasteiger partial charge in [0.2, 0.25) is 0 Å². The number of halogens is 1. The monoisotopic (exact) mass is 560 g/mol. The average Bonchev–Trinajstić information content (AvgIpc) is 2.85. The van der Waals surface area contributed by atoms with Gasteiger partial charge >= 0.3 is 12.0 Å². The maximum absolute atomic E-state index is 13.5.